The maximum absolute atomic E-state index is 12.9. The number of ether oxygens (including phenoxy) is 1. The minimum Gasteiger partial charge on any atom is -0.379 e. The van der Waals surface area contributed by atoms with Gasteiger partial charge in [0.25, 0.3) is 0 Å². The highest BCUT2D eigenvalue weighted by Crippen LogP contribution is 2.30. The molecule has 2 aromatic carbocycles. The Hall–Kier alpha value is -3.23. The van der Waals surface area contributed by atoms with E-state index in [1.807, 2.05) is 30.3 Å². The molecule has 2 saturated heterocycles. The summed E-state index contributed by atoms with van der Waals surface area (Å²) in [6, 6.07) is 13.7. The minimum absolute atomic E-state index is 0.00474. The molecular weight excluding hydrogens is 456 g/mol. The molecule has 5 rings (SSSR count). The van der Waals surface area contributed by atoms with Crippen LogP contribution in [0.3, 0.4) is 0 Å². The van der Waals surface area contributed by atoms with E-state index in [9.17, 15) is 14.4 Å². The normalized spacial score (nSPS) is 19.8. The number of benzene rings is 2. The lowest BCUT2D eigenvalue weighted by Gasteiger charge is -2.26. The van der Waals surface area contributed by atoms with Gasteiger partial charge in [0.2, 0.25) is 17.7 Å². The summed E-state index contributed by atoms with van der Waals surface area (Å²) in [4.78, 5) is 41.9. The zero-order chi connectivity index (χ0) is 24.9. The van der Waals surface area contributed by atoms with Gasteiger partial charge in [0, 0.05) is 56.9 Å². The SMILES string of the molecule is O=C(CCN1CCOCC1)Nc1cccc(CNC(=O)C2CC(=O)N(c3ccc4c(c3)CCC4)C2)c1. The predicted octanol–water partition coefficient (Wildman–Crippen LogP) is 2.51. The first kappa shape index (κ1) is 24.5. The van der Waals surface area contributed by atoms with Crippen molar-refractivity contribution in [1.82, 2.24) is 10.2 Å². The van der Waals surface area contributed by atoms with E-state index in [-0.39, 0.29) is 30.1 Å². The topological polar surface area (TPSA) is 91.0 Å². The highest BCUT2D eigenvalue weighted by atomic mass is 16.5. The number of fused-ring (bicyclic) bond motifs is 1. The van der Waals surface area contributed by atoms with E-state index in [4.69, 9.17) is 4.74 Å². The molecule has 2 aliphatic heterocycles. The van der Waals surface area contributed by atoms with Gasteiger partial charge in [-0.25, -0.2) is 0 Å². The van der Waals surface area contributed by atoms with E-state index in [1.54, 1.807) is 4.90 Å². The summed E-state index contributed by atoms with van der Waals surface area (Å²) in [6.07, 6.45) is 3.98. The fraction of sp³-hybridized carbons (Fsp3) is 0.464. The van der Waals surface area contributed by atoms with Gasteiger partial charge in [-0.3, -0.25) is 19.3 Å². The molecule has 2 N–H and O–H groups in total. The highest BCUT2D eigenvalue weighted by molar-refractivity contribution is 6.00. The van der Waals surface area contributed by atoms with E-state index in [2.05, 4.69) is 27.7 Å². The number of nitrogens with one attached hydrogen (secondary N) is 2. The Balaban J connectivity index is 1.10. The standard InChI is InChI=1S/C28H34N4O4/c33-26(9-10-31-11-13-36-14-12-31)30-24-6-1-3-20(15-24)18-29-28(35)23-17-27(34)32(19-23)25-8-7-21-4-2-5-22(21)16-25/h1,3,6-8,15-16,23H,2,4-5,9-14,17-19H2,(H,29,35)(H,30,33). The molecule has 3 aliphatic rings. The van der Waals surface area contributed by atoms with Crippen LogP contribution < -0.4 is 15.5 Å². The fourth-order valence-electron chi connectivity index (χ4n) is 5.26. The second kappa shape index (κ2) is 11.2. The van der Waals surface area contributed by atoms with Crippen molar-refractivity contribution in [3.8, 4) is 0 Å². The van der Waals surface area contributed by atoms with Crippen LogP contribution >= 0.6 is 0 Å². The van der Waals surface area contributed by atoms with E-state index >= 15 is 0 Å². The largest absolute Gasteiger partial charge is 0.379 e. The first-order valence-electron chi connectivity index (χ1n) is 12.9. The summed E-state index contributed by atoms with van der Waals surface area (Å²) < 4.78 is 5.34. The molecule has 0 bridgehead atoms. The number of rotatable bonds is 8. The third-order valence-corrected chi connectivity index (χ3v) is 7.33. The molecule has 2 aromatic rings. The summed E-state index contributed by atoms with van der Waals surface area (Å²) in [5.74, 6) is -0.519. The number of carbonyl (C=O) groups is 3. The van der Waals surface area contributed by atoms with Crippen molar-refractivity contribution in [2.75, 3.05) is 49.6 Å². The maximum Gasteiger partial charge on any atom is 0.227 e. The van der Waals surface area contributed by atoms with Crippen LogP contribution in [-0.4, -0.2) is 62.0 Å². The molecular formula is C28H34N4O4. The second-order valence-electron chi connectivity index (χ2n) is 9.88. The molecule has 1 aliphatic carbocycles. The first-order chi connectivity index (χ1) is 17.5. The van der Waals surface area contributed by atoms with Crippen LogP contribution in [0.5, 0.6) is 0 Å². The van der Waals surface area contributed by atoms with Gasteiger partial charge in [0.05, 0.1) is 19.1 Å². The summed E-state index contributed by atoms with van der Waals surface area (Å²) in [6.45, 7) is 4.63. The molecule has 190 valence electrons. The summed E-state index contributed by atoms with van der Waals surface area (Å²) in [5, 5.41) is 5.93. The van der Waals surface area contributed by atoms with Gasteiger partial charge in [-0.1, -0.05) is 18.2 Å². The summed E-state index contributed by atoms with van der Waals surface area (Å²) in [5.41, 5.74) is 5.20. The number of anilines is 2. The number of hydrogen-bond acceptors (Lipinski definition) is 5. The third kappa shape index (κ3) is 5.94. The Kier molecular flexibility index (Phi) is 7.63. The van der Waals surface area contributed by atoms with Gasteiger partial charge in [-0.05, 0) is 60.2 Å². The molecule has 1 atom stereocenters. The van der Waals surface area contributed by atoms with Gasteiger partial charge in [-0.2, -0.15) is 0 Å². The van der Waals surface area contributed by atoms with Crippen molar-refractivity contribution >= 4 is 29.1 Å². The minimum atomic E-state index is -0.367. The average molecular weight is 491 g/mol. The van der Waals surface area contributed by atoms with Gasteiger partial charge < -0.3 is 20.3 Å². The van der Waals surface area contributed by atoms with E-state index in [0.717, 1.165) is 56.8 Å². The summed E-state index contributed by atoms with van der Waals surface area (Å²) in [7, 11) is 0. The molecule has 0 saturated carbocycles. The molecule has 2 heterocycles. The Bertz CT molecular complexity index is 1130. The van der Waals surface area contributed by atoms with Crippen LogP contribution in [0.25, 0.3) is 0 Å². The van der Waals surface area contributed by atoms with Crippen molar-refractivity contribution in [1.29, 1.82) is 0 Å². The first-order valence-corrected chi connectivity index (χ1v) is 12.9. The monoisotopic (exact) mass is 490 g/mol. The average Bonchev–Trinajstić information content (AvgIpc) is 3.53. The van der Waals surface area contributed by atoms with Gasteiger partial charge in [0.15, 0.2) is 0 Å². The lowest BCUT2D eigenvalue weighted by atomic mass is 10.1. The molecule has 8 nitrogen and oxygen atoms in total. The smallest absolute Gasteiger partial charge is 0.227 e. The zero-order valence-electron chi connectivity index (χ0n) is 20.6. The van der Waals surface area contributed by atoms with Gasteiger partial charge >= 0.3 is 0 Å². The lowest BCUT2D eigenvalue weighted by molar-refractivity contribution is -0.126. The molecule has 3 amide bonds. The predicted molar refractivity (Wildman–Crippen MR) is 138 cm³/mol. The van der Waals surface area contributed by atoms with Gasteiger partial charge in [0.1, 0.15) is 0 Å². The number of morpholine rings is 1. The van der Waals surface area contributed by atoms with E-state index in [0.29, 0.717) is 31.7 Å². The molecule has 0 spiro atoms. The molecule has 2 fully saturated rings. The summed E-state index contributed by atoms with van der Waals surface area (Å²) >= 11 is 0. The molecule has 0 radical (unpaired) electrons. The Morgan fingerprint density at radius 2 is 1.86 bits per heavy atom. The molecule has 8 heteroatoms. The van der Waals surface area contributed by atoms with Crippen LogP contribution in [0.4, 0.5) is 11.4 Å². The van der Waals surface area contributed by atoms with Crippen LogP contribution in [0.2, 0.25) is 0 Å². The van der Waals surface area contributed by atoms with Crippen molar-refractivity contribution < 1.29 is 19.1 Å². The highest BCUT2D eigenvalue weighted by Gasteiger charge is 2.35. The van der Waals surface area contributed by atoms with Crippen LogP contribution in [0.1, 0.15) is 36.0 Å². The van der Waals surface area contributed by atoms with Crippen molar-refractivity contribution in [3.63, 3.8) is 0 Å². The lowest BCUT2D eigenvalue weighted by Crippen LogP contribution is -2.38. The van der Waals surface area contributed by atoms with Crippen LogP contribution in [0, 0.1) is 5.92 Å². The van der Waals surface area contributed by atoms with E-state index in [1.165, 1.54) is 11.1 Å². The molecule has 1 unspecified atom stereocenters. The van der Waals surface area contributed by atoms with Crippen molar-refractivity contribution in [3.05, 3.63) is 59.2 Å². The Morgan fingerprint density at radius 3 is 2.72 bits per heavy atom. The Morgan fingerprint density at radius 1 is 1.03 bits per heavy atom. The van der Waals surface area contributed by atoms with Crippen molar-refractivity contribution in [2.24, 2.45) is 5.92 Å². The molecule has 36 heavy (non-hydrogen) atoms. The maximum atomic E-state index is 12.9. The van der Waals surface area contributed by atoms with Gasteiger partial charge in [-0.15, -0.1) is 0 Å². The quantitative estimate of drug-likeness (QED) is 0.594. The number of amides is 3. The zero-order valence-corrected chi connectivity index (χ0v) is 20.6. The van der Waals surface area contributed by atoms with Crippen molar-refractivity contribution in [2.45, 2.75) is 38.6 Å². The Labute approximate surface area is 212 Å². The number of aryl methyl sites for hydroxylation is 2. The van der Waals surface area contributed by atoms with E-state index < -0.39 is 0 Å². The van der Waals surface area contributed by atoms with Crippen LogP contribution in [-0.2, 0) is 38.5 Å². The number of hydrogen-bond donors (Lipinski definition) is 2. The third-order valence-electron chi connectivity index (χ3n) is 7.33. The molecule has 0 aromatic heterocycles. The second-order valence-corrected chi connectivity index (χ2v) is 9.88. The number of nitrogens with zero attached hydrogens (tertiary/aromatic N) is 2. The van der Waals surface area contributed by atoms with Crippen LogP contribution in [0.15, 0.2) is 42.5 Å². The number of carbonyl (C=O) groups excluding carboxylic acids is 3. The fourth-order valence-corrected chi connectivity index (χ4v) is 5.26.